The fourth-order valence-corrected chi connectivity index (χ4v) is 12.1. The molecule has 2 rings (SSSR count). The van der Waals surface area contributed by atoms with Gasteiger partial charge in [0.05, 0.1) is 32.0 Å². The smallest absolute Gasteiger partial charge is 0.220 e. The van der Waals surface area contributed by atoms with E-state index in [4.69, 9.17) is 18.9 Å². The number of ether oxygens (including phenoxy) is 4. The molecule has 1 amide bonds. The number of aliphatic hydroxyl groups excluding tert-OH is 8. The molecule has 0 spiro atoms. The van der Waals surface area contributed by atoms with Crippen molar-refractivity contribution in [3.05, 3.63) is 36.5 Å². The number of hydrogen-bond donors (Lipinski definition) is 9. The Hall–Kier alpha value is -1.79. The van der Waals surface area contributed by atoms with Gasteiger partial charge in [0.15, 0.2) is 12.6 Å². The molecule has 2 heterocycles. The third kappa shape index (κ3) is 40.8. The van der Waals surface area contributed by atoms with Crippen LogP contribution in [0.15, 0.2) is 36.5 Å². The summed E-state index contributed by atoms with van der Waals surface area (Å²) in [5.41, 5.74) is 0. The standard InChI is InChI=1S/C72H135NO13/c1-3-5-7-9-11-13-15-17-18-19-20-21-22-23-24-25-26-27-28-29-30-31-32-33-34-35-36-37-38-39-40-41-42-44-46-48-50-52-54-56-64(77)73-60(61(76)55-53-51-49-47-45-43-16-14-12-10-8-6-4-2)59-83-71-69(82)67(80)70(63(58-75)85-71)86-72-68(81)66(79)65(78)62(57-74)84-72/h15,17,19-20,22-23,60-63,65-72,74-76,78-82H,3-14,16,18,21,24-59H2,1-2H3,(H,73,77)/b17-15-,20-19-,23-22-. The van der Waals surface area contributed by atoms with Crippen LogP contribution in [-0.2, 0) is 23.7 Å². The lowest BCUT2D eigenvalue weighted by molar-refractivity contribution is -0.359. The van der Waals surface area contributed by atoms with E-state index >= 15 is 0 Å². The van der Waals surface area contributed by atoms with Crippen LogP contribution in [0.1, 0.15) is 322 Å². The second-order valence-corrected chi connectivity index (χ2v) is 25.7. The molecule has 0 saturated carbocycles. The van der Waals surface area contributed by atoms with Gasteiger partial charge in [-0.1, -0.05) is 301 Å². The van der Waals surface area contributed by atoms with Crippen LogP contribution in [0, 0.1) is 0 Å². The Kier molecular flexibility index (Phi) is 53.4. The molecule has 0 radical (unpaired) electrons. The minimum absolute atomic E-state index is 0.201. The van der Waals surface area contributed by atoms with Crippen molar-refractivity contribution in [3.63, 3.8) is 0 Å². The zero-order valence-corrected chi connectivity index (χ0v) is 55.1. The van der Waals surface area contributed by atoms with Gasteiger partial charge in [-0.05, 0) is 51.4 Å². The molecule has 86 heavy (non-hydrogen) atoms. The fraction of sp³-hybridized carbons (Fsp3) is 0.903. The first-order valence-corrected chi connectivity index (χ1v) is 36.2. The molecule has 0 aliphatic carbocycles. The third-order valence-electron chi connectivity index (χ3n) is 17.9. The van der Waals surface area contributed by atoms with E-state index in [1.807, 2.05) is 0 Å². The summed E-state index contributed by atoms with van der Waals surface area (Å²) in [6.45, 7) is 2.87. The van der Waals surface area contributed by atoms with Crippen molar-refractivity contribution in [3.8, 4) is 0 Å². The number of allylic oxidation sites excluding steroid dienone is 6. The van der Waals surface area contributed by atoms with Gasteiger partial charge in [-0.15, -0.1) is 0 Å². The molecule has 0 aromatic heterocycles. The maximum absolute atomic E-state index is 13.3. The van der Waals surface area contributed by atoms with E-state index in [0.717, 1.165) is 64.2 Å². The molecule has 14 nitrogen and oxygen atoms in total. The summed E-state index contributed by atoms with van der Waals surface area (Å²) in [5.74, 6) is -0.201. The van der Waals surface area contributed by atoms with Crippen LogP contribution >= 0.6 is 0 Å². The molecule has 12 unspecified atom stereocenters. The van der Waals surface area contributed by atoms with E-state index in [1.54, 1.807) is 0 Å². The third-order valence-corrected chi connectivity index (χ3v) is 17.9. The van der Waals surface area contributed by atoms with Crippen molar-refractivity contribution in [1.82, 2.24) is 5.32 Å². The minimum atomic E-state index is -1.78. The average molecular weight is 1220 g/mol. The van der Waals surface area contributed by atoms with Gasteiger partial charge < -0.3 is 65.1 Å². The molecule has 2 aliphatic rings. The lowest BCUT2D eigenvalue weighted by Crippen LogP contribution is -2.65. The molecule has 9 N–H and O–H groups in total. The van der Waals surface area contributed by atoms with Gasteiger partial charge in [-0.25, -0.2) is 0 Å². The highest BCUT2D eigenvalue weighted by Crippen LogP contribution is 2.30. The van der Waals surface area contributed by atoms with Crippen LogP contribution in [0.25, 0.3) is 0 Å². The number of nitrogens with one attached hydrogen (secondary N) is 1. The van der Waals surface area contributed by atoms with Crippen molar-refractivity contribution in [2.45, 2.75) is 396 Å². The van der Waals surface area contributed by atoms with Crippen LogP contribution in [0.2, 0.25) is 0 Å². The second-order valence-electron chi connectivity index (χ2n) is 25.7. The van der Waals surface area contributed by atoms with Crippen molar-refractivity contribution in [1.29, 1.82) is 0 Å². The van der Waals surface area contributed by atoms with Crippen LogP contribution < -0.4 is 5.32 Å². The van der Waals surface area contributed by atoms with E-state index in [1.165, 1.54) is 231 Å². The SMILES string of the molecule is CCCCCCC/C=C\C/C=C\C/C=C\CCCCCCCCCCCCCCCCCCCCCCCCCCC(=O)NC(COC1OC(CO)C(OC2OC(CO)C(O)C(O)C2O)C(O)C1O)C(O)CCCCCCCCCCCCCCC. The van der Waals surface area contributed by atoms with Gasteiger partial charge in [-0.2, -0.15) is 0 Å². The molecule has 2 saturated heterocycles. The number of carbonyl (C=O) groups excluding carboxylic acids is 1. The molecule has 0 aromatic carbocycles. The average Bonchev–Trinajstić information content (AvgIpc) is 2.76. The van der Waals surface area contributed by atoms with E-state index in [2.05, 4.69) is 55.6 Å². The van der Waals surface area contributed by atoms with Crippen LogP contribution in [-0.4, -0.2) is 140 Å². The van der Waals surface area contributed by atoms with Gasteiger partial charge >= 0.3 is 0 Å². The first-order valence-electron chi connectivity index (χ1n) is 36.2. The lowest BCUT2D eigenvalue weighted by Gasteiger charge is -2.46. The molecular weight excluding hydrogens is 1090 g/mol. The minimum Gasteiger partial charge on any atom is -0.394 e. The topological polar surface area (TPSA) is 228 Å². The number of carbonyl (C=O) groups is 1. The molecular formula is C72H135NO13. The van der Waals surface area contributed by atoms with Crippen LogP contribution in [0.5, 0.6) is 0 Å². The van der Waals surface area contributed by atoms with Crippen molar-refractivity contribution >= 4 is 5.91 Å². The van der Waals surface area contributed by atoms with Crippen molar-refractivity contribution in [2.75, 3.05) is 19.8 Å². The van der Waals surface area contributed by atoms with Gasteiger partial charge in [0.25, 0.3) is 0 Å². The number of unbranched alkanes of at least 4 members (excludes halogenated alkanes) is 41. The molecule has 14 heteroatoms. The van der Waals surface area contributed by atoms with Gasteiger partial charge in [-0.3, -0.25) is 4.79 Å². The lowest BCUT2D eigenvalue weighted by atomic mass is 9.97. The largest absolute Gasteiger partial charge is 0.394 e. The summed E-state index contributed by atoms with van der Waals surface area (Å²) in [5, 5.41) is 87.4. The van der Waals surface area contributed by atoms with Crippen molar-refractivity contribution in [2.24, 2.45) is 0 Å². The maximum atomic E-state index is 13.3. The molecule has 0 bridgehead atoms. The van der Waals surface area contributed by atoms with Gasteiger partial charge in [0.2, 0.25) is 5.91 Å². The Bertz CT molecular complexity index is 1580. The Morgan fingerprint density at radius 1 is 0.419 bits per heavy atom. The summed E-state index contributed by atoms with van der Waals surface area (Å²) < 4.78 is 22.9. The van der Waals surface area contributed by atoms with Crippen LogP contribution in [0.3, 0.4) is 0 Å². The Morgan fingerprint density at radius 3 is 1.17 bits per heavy atom. The second kappa shape index (κ2) is 57.1. The summed E-state index contributed by atoms with van der Waals surface area (Å²) >= 11 is 0. The zero-order valence-electron chi connectivity index (χ0n) is 55.1. The summed E-state index contributed by atoms with van der Waals surface area (Å²) in [4.78, 5) is 13.3. The Balaban J connectivity index is 1.54. The number of aliphatic hydroxyl groups is 8. The monoisotopic (exact) mass is 1220 g/mol. The molecule has 506 valence electrons. The number of rotatable bonds is 60. The van der Waals surface area contributed by atoms with E-state index in [0.29, 0.717) is 12.8 Å². The highest BCUT2D eigenvalue weighted by molar-refractivity contribution is 5.76. The number of hydrogen-bond acceptors (Lipinski definition) is 13. The predicted molar refractivity (Wildman–Crippen MR) is 351 cm³/mol. The van der Waals surface area contributed by atoms with Gasteiger partial charge in [0.1, 0.15) is 48.8 Å². The summed E-state index contributed by atoms with van der Waals surface area (Å²) in [7, 11) is 0. The fourth-order valence-electron chi connectivity index (χ4n) is 12.1. The summed E-state index contributed by atoms with van der Waals surface area (Å²) in [6, 6.07) is -0.826. The highest BCUT2D eigenvalue weighted by atomic mass is 16.7. The highest BCUT2D eigenvalue weighted by Gasteiger charge is 2.51. The van der Waals surface area contributed by atoms with Crippen LogP contribution in [0.4, 0.5) is 0 Å². The normalized spacial score (nSPS) is 23.6. The predicted octanol–water partition coefficient (Wildman–Crippen LogP) is 14.9. The molecule has 2 fully saturated rings. The Labute approximate surface area is 525 Å². The van der Waals surface area contributed by atoms with Gasteiger partial charge in [0, 0.05) is 6.42 Å². The quantitative estimate of drug-likeness (QED) is 0.0204. The molecule has 12 atom stereocenters. The number of amides is 1. The molecule has 2 aliphatic heterocycles. The van der Waals surface area contributed by atoms with E-state index in [-0.39, 0.29) is 12.5 Å². The van der Waals surface area contributed by atoms with E-state index < -0.39 is 86.8 Å². The first kappa shape index (κ1) is 80.3. The Morgan fingerprint density at radius 2 is 0.767 bits per heavy atom. The summed E-state index contributed by atoms with van der Waals surface area (Å²) in [6.07, 6.45) is 56.2. The maximum Gasteiger partial charge on any atom is 0.220 e. The molecule has 0 aromatic rings. The van der Waals surface area contributed by atoms with E-state index in [9.17, 15) is 45.6 Å². The first-order chi connectivity index (χ1) is 42.1. The van der Waals surface area contributed by atoms with Crippen molar-refractivity contribution < 1.29 is 64.6 Å². The zero-order chi connectivity index (χ0) is 62.3.